The van der Waals surface area contributed by atoms with E-state index in [4.69, 9.17) is 10.5 Å². The molecule has 3 rings (SSSR count). The van der Waals surface area contributed by atoms with Gasteiger partial charge in [0, 0.05) is 30.7 Å². The maximum atomic E-state index is 11.8. The van der Waals surface area contributed by atoms with Crippen molar-refractivity contribution >= 4 is 35.0 Å². The highest BCUT2D eigenvalue weighted by atomic mass is 16.5. The van der Waals surface area contributed by atoms with Crippen LogP contribution in [-0.2, 0) is 9.53 Å². The third-order valence-electron chi connectivity index (χ3n) is 4.38. The van der Waals surface area contributed by atoms with Gasteiger partial charge in [-0.3, -0.25) is 9.59 Å². The van der Waals surface area contributed by atoms with E-state index in [1.165, 1.54) is 13.3 Å². The molecule has 0 aliphatic carbocycles. The van der Waals surface area contributed by atoms with Crippen LogP contribution in [0.25, 0.3) is 0 Å². The van der Waals surface area contributed by atoms with Crippen LogP contribution < -0.4 is 21.7 Å². The van der Waals surface area contributed by atoms with Crippen LogP contribution in [0.15, 0.2) is 60.8 Å². The second-order valence-electron chi connectivity index (χ2n) is 6.78. The molecule has 9 heteroatoms. The number of amides is 2. The molecule has 160 valence electrons. The maximum Gasteiger partial charge on any atom is 0.254 e. The number of carbonyl (C=O) groups is 2. The number of benzene rings is 2. The van der Waals surface area contributed by atoms with E-state index in [1.807, 2.05) is 37.3 Å². The van der Waals surface area contributed by atoms with Gasteiger partial charge in [-0.1, -0.05) is 36.4 Å². The average molecular weight is 420 g/mol. The van der Waals surface area contributed by atoms with Gasteiger partial charge in [0.25, 0.3) is 5.91 Å². The average Bonchev–Trinajstić information content (AvgIpc) is 2.74. The molecule has 0 aliphatic rings. The first-order valence-electron chi connectivity index (χ1n) is 9.60. The molecule has 1 heterocycles. The molecular formula is C22H24N6O3. The first kappa shape index (κ1) is 21.7. The Morgan fingerprint density at radius 2 is 1.84 bits per heavy atom. The Balaban J connectivity index is 1.80. The van der Waals surface area contributed by atoms with Gasteiger partial charge >= 0.3 is 0 Å². The minimum absolute atomic E-state index is 0.0377. The largest absolute Gasteiger partial charge is 0.375 e. The molecule has 0 saturated carbocycles. The Bertz CT molecular complexity index is 1060. The summed E-state index contributed by atoms with van der Waals surface area (Å²) in [5, 5.41) is 9.03. The monoisotopic (exact) mass is 420 g/mol. The lowest BCUT2D eigenvalue weighted by molar-refractivity contribution is -0.119. The molecule has 0 fully saturated rings. The summed E-state index contributed by atoms with van der Waals surface area (Å²) in [7, 11) is 1.45. The predicted octanol–water partition coefficient (Wildman–Crippen LogP) is 3.08. The number of nitrogens with zero attached hydrogens (tertiary/aromatic N) is 2. The van der Waals surface area contributed by atoms with Gasteiger partial charge in [-0.05, 0) is 30.7 Å². The van der Waals surface area contributed by atoms with E-state index in [-0.39, 0.29) is 30.1 Å². The van der Waals surface area contributed by atoms with E-state index in [9.17, 15) is 9.59 Å². The fourth-order valence-electron chi connectivity index (χ4n) is 2.89. The number of nitrogens with one attached hydrogen (secondary N) is 3. The van der Waals surface area contributed by atoms with Crippen molar-refractivity contribution < 1.29 is 14.3 Å². The summed E-state index contributed by atoms with van der Waals surface area (Å²) in [6, 6.07) is 16.7. The Labute approximate surface area is 180 Å². The van der Waals surface area contributed by atoms with E-state index in [0.717, 1.165) is 5.56 Å². The molecule has 3 aromatic rings. The Kier molecular flexibility index (Phi) is 7.13. The summed E-state index contributed by atoms with van der Waals surface area (Å²) in [6.45, 7) is 1.92. The van der Waals surface area contributed by atoms with Crippen molar-refractivity contribution in [2.75, 3.05) is 29.7 Å². The van der Waals surface area contributed by atoms with Crippen molar-refractivity contribution in [3.63, 3.8) is 0 Å². The van der Waals surface area contributed by atoms with Gasteiger partial charge in [0.2, 0.25) is 11.9 Å². The normalized spacial score (nSPS) is 11.4. The molecule has 1 aromatic heterocycles. The molecule has 5 N–H and O–H groups in total. The fourth-order valence-corrected chi connectivity index (χ4v) is 2.89. The van der Waals surface area contributed by atoms with Crippen molar-refractivity contribution in [3.05, 3.63) is 71.9 Å². The highest BCUT2D eigenvalue weighted by Crippen LogP contribution is 2.23. The van der Waals surface area contributed by atoms with Gasteiger partial charge in [-0.25, -0.2) is 4.98 Å². The van der Waals surface area contributed by atoms with Gasteiger partial charge < -0.3 is 26.4 Å². The Morgan fingerprint density at radius 1 is 1.10 bits per heavy atom. The lowest BCUT2D eigenvalue weighted by Crippen LogP contribution is -2.18. The van der Waals surface area contributed by atoms with Gasteiger partial charge in [0.15, 0.2) is 0 Å². The Morgan fingerprint density at radius 3 is 2.55 bits per heavy atom. The Hall–Kier alpha value is -3.98. The SMILES string of the molecule is COCC(=O)Nc1cccc(Nc2ncc(C(N)=O)c(N[C@H](C)c3ccccc3)n2)c1. The summed E-state index contributed by atoms with van der Waals surface area (Å²) < 4.78 is 4.82. The number of hydrogen-bond donors (Lipinski definition) is 4. The zero-order valence-electron chi connectivity index (χ0n) is 17.3. The quantitative estimate of drug-likeness (QED) is 0.418. The zero-order chi connectivity index (χ0) is 22.2. The van der Waals surface area contributed by atoms with Crippen molar-refractivity contribution in [1.29, 1.82) is 0 Å². The summed E-state index contributed by atoms with van der Waals surface area (Å²) >= 11 is 0. The van der Waals surface area contributed by atoms with Crippen LogP contribution in [0.1, 0.15) is 28.9 Å². The maximum absolute atomic E-state index is 11.8. The number of anilines is 4. The molecule has 2 aromatic carbocycles. The third kappa shape index (κ3) is 6.00. The molecule has 0 saturated heterocycles. The molecule has 0 radical (unpaired) electrons. The van der Waals surface area contributed by atoms with E-state index >= 15 is 0 Å². The number of aromatic nitrogens is 2. The number of hydrogen-bond acceptors (Lipinski definition) is 7. The molecule has 31 heavy (non-hydrogen) atoms. The van der Waals surface area contributed by atoms with E-state index < -0.39 is 5.91 Å². The second-order valence-corrected chi connectivity index (χ2v) is 6.78. The van der Waals surface area contributed by atoms with Crippen LogP contribution in [0.4, 0.5) is 23.1 Å². The topological polar surface area (TPSA) is 131 Å². The van der Waals surface area contributed by atoms with Crippen molar-refractivity contribution in [2.45, 2.75) is 13.0 Å². The molecule has 0 unspecified atom stereocenters. The standard InChI is InChI=1S/C22H24N6O3/c1-14(15-7-4-3-5-8-15)25-21-18(20(23)30)12-24-22(28-21)27-17-10-6-9-16(11-17)26-19(29)13-31-2/h3-12,14H,13H2,1-2H3,(H2,23,30)(H,26,29)(H2,24,25,27,28)/t14-/m1/s1. The molecule has 2 amide bonds. The first-order valence-corrected chi connectivity index (χ1v) is 9.60. The van der Waals surface area contributed by atoms with Crippen LogP contribution in [0.5, 0.6) is 0 Å². The highest BCUT2D eigenvalue weighted by molar-refractivity contribution is 5.97. The number of ether oxygens (including phenoxy) is 1. The lowest BCUT2D eigenvalue weighted by Gasteiger charge is -2.17. The van der Waals surface area contributed by atoms with Crippen LogP contribution in [0.3, 0.4) is 0 Å². The van der Waals surface area contributed by atoms with Crippen LogP contribution in [0, 0.1) is 0 Å². The van der Waals surface area contributed by atoms with Gasteiger partial charge in [0.05, 0.1) is 5.56 Å². The van der Waals surface area contributed by atoms with Crippen molar-refractivity contribution in [1.82, 2.24) is 9.97 Å². The summed E-state index contributed by atoms with van der Waals surface area (Å²) in [6.07, 6.45) is 1.38. The summed E-state index contributed by atoms with van der Waals surface area (Å²) in [4.78, 5) is 32.2. The van der Waals surface area contributed by atoms with Crippen molar-refractivity contribution in [2.24, 2.45) is 5.73 Å². The first-order chi connectivity index (χ1) is 15.0. The number of primary amides is 1. The number of nitrogens with two attached hydrogens (primary N) is 1. The van der Waals surface area contributed by atoms with Gasteiger partial charge in [-0.2, -0.15) is 4.98 Å². The molecule has 0 bridgehead atoms. The van der Waals surface area contributed by atoms with Gasteiger partial charge in [0.1, 0.15) is 12.4 Å². The second kappa shape index (κ2) is 10.2. The zero-order valence-corrected chi connectivity index (χ0v) is 17.3. The number of methoxy groups -OCH3 is 1. The molecule has 1 atom stereocenters. The highest BCUT2D eigenvalue weighted by Gasteiger charge is 2.15. The van der Waals surface area contributed by atoms with E-state index in [2.05, 4.69) is 25.9 Å². The molecular weight excluding hydrogens is 396 g/mol. The number of carbonyl (C=O) groups excluding carboxylic acids is 2. The summed E-state index contributed by atoms with van der Waals surface area (Å²) in [5.41, 5.74) is 7.97. The van der Waals surface area contributed by atoms with Crippen LogP contribution >= 0.6 is 0 Å². The van der Waals surface area contributed by atoms with E-state index in [0.29, 0.717) is 17.2 Å². The molecule has 0 aliphatic heterocycles. The smallest absolute Gasteiger partial charge is 0.254 e. The lowest BCUT2D eigenvalue weighted by atomic mass is 10.1. The minimum atomic E-state index is -0.628. The van der Waals surface area contributed by atoms with Crippen LogP contribution in [0.2, 0.25) is 0 Å². The minimum Gasteiger partial charge on any atom is -0.375 e. The van der Waals surface area contributed by atoms with Crippen LogP contribution in [-0.4, -0.2) is 35.5 Å². The van der Waals surface area contributed by atoms with Crippen molar-refractivity contribution in [3.8, 4) is 0 Å². The predicted molar refractivity (Wildman–Crippen MR) is 119 cm³/mol. The summed E-state index contributed by atoms with van der Waals surface area (Å²) in [5.74, 6) is -0.292. The molecule has 0 spiro atoms. The fraction of sp³-hybridized carbons (Fsp3) is 0.182. The third-order valence-corrected chi connectivity index (χ3v) is 4.38. The number of rotatable bonds is 9. The van der Waals surface area contributed by atoms with E-state index in [1.54, 1.807) is 24.3 Å². The molecule has 9 nitrogen and oxygen atoms in total. The van der Waals surface area contributed by atoms with Gasteiger partial charge in [-0.15, -0.1) is 0 Å².